The number of carbonyl (C=O) groups is 1. The van der Waals surface area contributed by atoms with E-state index in [4.69, 9.17) is 4.74 Å². The molecule has 1 aliphatic rings. The summed E-state index contributed by atoms with van der Waals surface area (Å²) >= 11 is 3.48. The minimum absolute atomic E-state index is 0.120. The molecule has 1 aliphatic heterocycles. The number of hydrogen-bond donors (Lipinski definition) is 1. The Bertz CT molecular complexity index is 453. The third kappa shape index (κ3) is 2.75. The molecule has 18 heavy (non-hydrogen) atoms. The summed E-state index contributed by atoms with van der Waals surface area (Å²) in [6.07, 6.45) is 1.82. The Balaban J connectivity index is 2.31. The molecule has 0 unspecified atom stereocenters. The van der Waals surface area contributed by atoms with Crippen LogP contribution >= 0.6 is 15.9 Å². The van der Waals surface area contributed by atoms with Crippen molar-refractivity contribution in [1.82, 2.24) is 5.32 Å². The maximum Gasteiger partial charge on any atom is 0.169 e. The predicted molar refractivity (Wildman–Crippen MR) is 75.4 cm³/mol. The Morgan fingerprint density at radius 2 is 2.06 bits per heavy atom. The van der Waals surface area contributed by atoms with Gasteiger partial charge in [0.1, 0.15) is 5.75 Å². The lowest BCUT2D eigenvalue weighted by molar-refractivity contribution is 0.0892. The van der Waals surface area contributed by atoms with Crippen LogP contribution in [0, 0.1) is 12.8 Å². The highest BCUT2D eigenvalue weighted by atomic mass is 79.9. The number of benzene rings is 1. The molecule has 1 aromatic rings. The lowest BCUT2D eigenvalue weighted by Crippen LogP contribution is -2.32. The van der Waals surface area contributed by atoms with Gasteiger partial charge in [-0.25, -0.2) is 0 Å². The highest BCUT2D eigenvalue weighted by Gasteiger charge is 2.25. The van der Waals surface area contributed by atoms with Crippen molar-refractivity contribution in [3.05, 3.63) is 27.7 Å². The van der Waals surface area contributed by atoms with E-state index in [-0.39, 0.29) is 11.7 Å². The molecule has 1 heterocycles. The molecule has 0 aromatic heterocycles. The van der Waals surface area contributed by atoms with Crippen LogP contribution in [0.1, 0.15) is 28.8 Å². The molecule has 2 rings (SSSR count). The van der Waals surface area contributed by atoms with Crippen LogP contribution < -0.4 is 10.1 Å². The van der Waals surface area contributed by atoms with E-state index in [1.165, 1.54) is 0 Å². The maximum atomic E-state index is 12.5. The first-order valence-electron chi connectivity index (χ1n) is 6.22. The molecule has 0 radical (unpaired) electrons. The predicted octanol–water partition coefficient (Wildman–Crippen LogP) is 2.95. The number of ether oxygens (including phenoxy) is 1. The number of Topliss-reactive ketones (excluding diaryl/α,β-unsaturated/α-hetero) is 1. The summed E-state index contributed by atoms with van der Waals surface area (Å²) in [6, 6.07) is 3.80. The zero-order chi connectivity index (χ0) is 13.1. The van der Waals surface area contributed by atoms with Gasteiger partial charge in [0.05, 0.1) is 12.7 Å². The van der Waals surface area contributed by atoms with Crippen LogP contribution in [0.3, 0.4) is 0 Å². The normalized spacial score (nSPS) is 16.6. The SMILES string of the molecule is COc1cc(C)c(Br)cc1C(=O)C1CCNCC1. The number of methoxy groups -OCH3 is 1. The molecule has 0 aliphatic carbocycles. The summed E-state index contributed by atoms with van der Waals surface area (Å²) in [4.78, 5) is 12.5. The second-order valence-electron chi connectivity index (χ2n) is 4.69. The Labute approximate surface area is 116 Å². The van der Waals surface area contributed by atoms with E-state index >= 15 is 0 Å². The van der Waals surface area contributed by atoms with Crippen molar-refractivity contribution < 1.29 is 9.53 Å². The van der Waals surface area contributed by atoms with E-state index in [2.05, 4.69) is 21.2 Å². The zero-order valence-corrected chi connectivity index (χ0v) is 12.3. The fourth-order valence-corrected chi connectivity index (χ4v) is 2.66. The fraction of sp³-hybridized carbons (Fsp3) is 0.500. The van der Waals surface area contributed by atoms with Crippen LogP contribution in [0.15, 0.2) is 16.6 Å². The van der Waals surface area contributed by atoms with E-state index in [0.717, 1.165) is 36.0 Å². The number of nitrogens with one attached hydrogen (secondary N) is 1. The largest absolute Gasteiger partial charge is 0.496 e. The topological polar surface area (TPSA) is 38.3 Å². The van der Waals surface area contributed by atoms with Gasteiger partial charge in [0.25, 0.3) is 0 Å². The number of aryl methyl sites for hydroxylation is 1. The van der Waals surface area contributed by atoms with Crippen LogP contribution in [0.2, 0.25) is 0 Å². The number of carbonyl (C=O) groups excluding carboxylic acids is 1. The minimum Gasteiger partial charge on any atom is -0.496 e. The lowest BCUT2D eigenvalue weighted by atomic mass is 9.89. The first-order chi connectivity index (χ1) is 8.63. The standard InChI is InChI=1S/C14H18BrNO2/c1-9-7-13(18-2)11(8-12(9)15)14(17)10-3-5-16-6-4-10/h7-8,10,16H,3-6H2,1-2H3. The molecular weight excluding hydrogens is 294 g/mol. The average molecular weight is 312 g/mol. The van der Waals surface area contributed by atoms with Crippen LogP contribution in [-0.4, -0.2) is 26.0 Å². The molecular formula is C14H18BrNO2. The molecule has 1 aromatic carbocycles. The second kappa shape index (κ2) is 5.85. The molecule has 98 valence electrons. The molecule has 0 saturated carbocycles. The molecule has 1 N–H and O–H groups in total. The molecule has 0 atom stereocenters. The monoisotopic (exact) mass is 311 g/mol. The lowest BCUT2D eigenvalue weighted by Gasteiger charge is -2.22. The van der Waals surface area contributed by atoms with E-state index in [0.29, 0.717) is 11.3 Å². The molecule has 1 fully saturated rings. The number of piperidine rings is 1. The van der Waals surface area contributed by atoms with Gasteiger partial charge in [0.15, 0.2) is 5.78 Å². The third-order valence-corrected chi connectivity index (χ3v) is 4.31. The quantitative estimate of drug-likeness (QED) is 0.872. The molecule has 3 nitrogen and oxygen atoms in total. The van der Waals surface area contributed by atoms with E-state index in [1.54, 1.807) is 7.11 Å². The van der Waals surface area contributed by atoms with Crippen molar-refractivity contribution in [3.8, 4) is 5.75 Å². The van der Waals surface area contributed by atoms with Gasteiger partial charge in [-0.15, -0.1) is 0 Å². The highest BCUT2D eigenvalue weighted by molar-refractivity contribution is 9.10. The summed E-state index contributed by atoms with van der Waals surface area (Å²) in [7, 11) is 1.61. The van der Waals surface area contributed by atoms with Crippen LogP contribution in [0.25, 0.3) is 0 Å². The van der Waals surface area contributed by atoms with Gasteiger partial charge >= 0.3 is 0 Å². The van der Waals surface area contributed by atoms with Gasteiger partial charge in [-0.2, -0.15) is 0 Å². The summed E-state index contributed by atoms with van der Waals surface area (Å²) in [5.41, 5.74) is 1.77. The fourth-order valence-electron chi connectivity index (χ4n) is 2.32. The summed E-state index contributed by atoms with van der Waals surface area (Å²) < 4.78 is 6.29. The van der Waals surface area contributed by atoms with Gasteiger partial charge < -0.3 is 10.1 Å². The molecule has 0 bridgehead atoms. The average Bonchev–Trinajstić information content (AvgIpc) is 2.41. The van der Waals surface area contributed by atoms with Crippen molar-refractivity contribution in [3.63, 3.8) is 0 Å². The van der Waals surface area contributed by atoms with Gasteiger partial charge in [-0.1, -0.05) is 15.9 Å². The van der Waals surface area contributed by atoms with E-state index in [1.807, 2.05) is 19.1 Å². The molecule has 0 amide bonds. The molecule has 0 spiro atoms. The summed E-state index contributed by atoms with van der Waals surface area (Å²) in [5.74, 6) is 1.00. The zero-order valence-electron chi connectivity index (χ0n) is 10.8. The first kappa shape index (κ1) is 13.6. The van der Waals surface area contributed by atoms with Gasteiger partial charge in [-0.05, 0) is 50.6 Å². The molecule has 1 saturated heterocycles. The van der Waals surface area contributed by atoms with Crippen LogP contribution in [-0.2, 0) is 0 Å². The smallest absolute Gasteiger partial charge is 0.169 e. The highest BCUT2D eigenvalue weighted by Crippen LogP contribution is 2.30. The first-order valence-corrected chi connectivity index (χ1v) is 7.02. The van der Waals surface area contributed by atoms with Crippen molar-refractivity contribution in [2.75, 3.05) is 20.2 Å². The van der Waals surface area contributed by atoms with Crippen LogP contribution in [0.5, 0.6) is 5.75 Å². The third-order valence-electron chi connectivity index (χ3n) is 3.46. The van der Waals surface area contributed by atoms with Crippen molar-refractivity contribution >= 4 is 21.7 Å². The maximum absolute atomic E-state index is 12.5. The molecule has 4 heteroatoms. The minimum atomic E-state index is 0.120. The van der Waals surface area contributed by atoms with Gasteiger partial charge in [0.2, 0.25) is 0 Å². The Morgan fingerprint density at radius 3 is 2.67 bits per heavy atom. The Hall–Kier alpha value is -0.870. The van der Waals surface area contributed by atoms with Crippen molar-refractivity contribution in [2.45, 2.75) is 19.8 Å². The number of hydrogen-bond acceptors (Lipinski definition) is 3. The summed E-state index contributed by atoms with van der Waals surface area (Å²) in [6.45, 7) is 3.84. The summed E-state index contributed by atoms with van der Waals surface area (Å²) in [5, 5.41) is 3.28. The second-order valence-corrected chi connectivity index (χ2v) is 5.54. The number of rotatable bonds is 3. The Morgan fingerprint density at radius 1 is 1.39 bits per heavy atom. The van der Waals surface area contributed by atoms with Gasteiger partial charge in [0, 0.05) is 10.4 Å². The van der Waals surface area contributed by atoms with Gasteiger partial charge in [-0.3, -0.25) is 4.79 Å². The van der Waals surface area contributed by atoms with Crippen molar-refractivity contribution in [2.24, 2.45) is 5.92 Å². The number of ketones is 1. The van der Waals surface area contributed by atoms with Crippen molar-refractivity contribution in [1.29, 1.82) is 0 Å². The van der Waals surface area contributed by atoms with E-state index < -0.39 is 0 Å². The van der Waals surface area contributed by atoms with E-state index in [9.17, 15) is 4.79 Å². The van der Waals surface area contributed by atoms with Crippen LogP contribution in [0.4, 0.5) is 0 Å². The number of halogens is 1. The Kier molecular flexibility index (Phi) is 4.40.